The summed E-state index contributed by atoms with van der Waals surface area (Å²) in [5, 5.41) is 4.15. The van der Waals surface area contributed by atoms with Gasteiger partial charge >= 0.3 is 5.97 Å². The van der Waals surface area contributed by atoms with Gasteiger partial charge in [-0.3, -0.25) is 14.4 Å². The minimum absolute atomic E-state index is 0.0928. The molecule has 1 aliphatic rings. The van der Waals surface area contributed by atoms with Gasteiger partial charge in [-0.1, -0.05) is 24.3 Å². The van der Waals surface area contributed by atoms with Gasteiger partial charge in [-0.05, 0) is 23.6 Å². The van der Waals surface area contributed by atoms with E-state index in [1.165, 1.54) is 11.8 Å². The number of esters is 1. The van der Waals surface area contributed by atoms with Crippen molar-refractivity contribution >= 4 is 46.6 Å². The van der Waals surface area contributed by atoms with Gasteiger partial charge in [-0.25, -0.2) is 0 Å². The zero-order chi connectivity index (χ0) is 19.9. The summed E-state index contributed by atoms with van der Waals surface area (Å²) in [7, 11) is 0. The molecule has 1 N–H and O–H groups in total. The van der Waals surface area contributed by atoms with E-state index in [1.807, 2.05) is 41.8 Å². The van der Waals surface area contributed by atoms with Gasteiger partial charge in [0.15, 0.2) is 6.61 Å². The van der Waals surface area contributed by atoms with Gasteiger partial charge in [0.25, 0.3) is 5.91 Å². The molecule has 1 atom stereocenters. The highest BCUT2D eigenvalue weighted by atomic mass is 32.2. The second-order valence-corrected chi connectivity index (χ2v) is 8.38. The normalized spacial score (nSPS) is 15.3. The Morgan fingerprint density at radius 1 is 1.25 bits per heavy atom. The number of fused-ring (bicyclic) bond motifs is 1. The fraction of sp³-hybridized carbons (Fsp3) is 0.250. The first-order chi connectivity index (χ1) is 13.6. The molecule has 0 radical (unpaired) electrons. The highest BCUT2D eigenvalue weighted by molar-refractivity contribution is 8.01. The number of hydrogen-bond acceptors (Lipinski definition) is 6. The molecule has 0 saturated heterocycles. The van der Waals surface area contributed by atoms with Gasteiger partial charge in [0.2, 0.25) is 5.91 Å². The molecule has 0 bridgehead atoms. The Bertz CT molecular complexity index is 867. The van der Waals surface area contributed by atoms with Crippen LogP contribution in [-0.2, 0) is 25.7 Å². The highest BCUT2D eigenvalue weighted by Gasteiger charge is 2.29. The molecule has 0 saturated carbocycles. The summed E-state index contributed by atoms with van der Waals surface area (Å²) in [6.07, 6.45) is 1.54. The maximum Gasteiger partial charge on any atom is 0.307 e. The van der Waals surface area contributed by atoms with E-state index in [2.05, 4.69) is 11.9 Å². The monoisotopic (exact) mass is 416 g/mol. The number of thioether (sulfide) groups is 1. The lowest BCUT2D eigenvalue weighted by molar-refractivity contribution is -0.152. The zero-order valence-corrected chi connectivity index (χ0v) is 16.8. The predicted octanol–water partition coefficient (Wildman–Crippen LogP) is 3.31. The number of para-hydroxylation sites is 1. The Labute approximate surface area is 171 Å². The summed E-state index contributed by atoms with van der Waals surface area (Å²) in [6.45, 7) is 4.12. The van der Waals surface area contributed by atoms with Gasteiger partial charge in [0.05, 0.1) is 23.9 Å². The third-order valence-corrected chi connectivity index (χ3v) is 6.18. The van der Waals surface area contributed by atoms with Crippen molar-refractivity contribution in [2.45, 2.75) is 23.1 Å². The molecular weight excluding hydrogens is 396 g/mol. The maximum absolute atomic E-state index is 12.4. The molecule has 0 fully saturated rings. The van der Waals surface area contributed by atoms with Crippen molar-refractivity contribution in [3.8, 4) is 0 Å². The molecule has 0 spiro atoms. The molecule has 1 aromatic carbocycles. The molecule has 2 amide bonds. The lowest BCUT2D eigenvalue weighted by atomic mass is 10.2. The van der Waals surface area contributed by atoms with E-state index < -0.39 is 11.2 Å². The van der Waals surface area contributed by atoms with Gasteiger partial charge in [0, 0.05) is 16.3 Å². The van der Waals surface area contributed by atoms with Crippen LogP contribution in [0.3, 0.4) is 0 Å². The summed E-state index contributed by atoms with van der Waals surface area (Å²) in [6, 6.07) is 11.3. The molecule has 3 rings (SSSR count). The summed E-state index contributed by atoms with van der Waals surface area (Å²) in [5.74, 6) is -1.11. The number of hydrogen-bond donors (Lipinski definition) is 1. The molecule has 0 unspecified atom stereocenters. The van der Waals surface area contributed by atoms with E-state index in [1.54, 1.807) is 22.3 Å². The summed E-state index contributed by atoms with van der Waals surface area (Å²) < 4.78 is 5.13. The van der Waals surface area contributed by atoms with Crippen LogP contribution in [0.4, 0.5) is 5.69 Å². The minimum Gasteiger partial charge on any atom is -0.456 e. The second kappa shape index (κ2) is 9.57. The van der Waals surface area contributed by atoms with Crippen LogP contribution in [0.5, 0.6) is 0 Å². The number of rotatable bonds is 8. The van der Waals surface area contributed by atoms with E-state index in [9.17, 15) is 14.4 Å². The molecular formula is C20H20N2O4S2. The number of ether oxygens (including phenoxy) is 1. The van der Waals surface area contributed by atoms with E-state index in [0.29, 0.717) is 13.1 Å². The van der Waals surface area contributed by atoms with E-state index in [-0.39, 0.29) is 24.8 Å². The van der Waals surface area contributed by atoms with Crippen LogP contribution in [0.15, 0.2) is 59.3 Å². The Kier molecular flexibility index (Phi) is 6.89. The molecule has 1 aromatic heterocycles. The van der Waals surface area contributed by atoms with Crippen molar-refractivity contribution in [1.82, 2.24) is 4.90 Å². The minimum atomic E-state index is -0.576. The number of benzene rings is 1. The number of nitrogens with zero attached hydrogens (tertiary/aromatic N) is 1. The summed E-state index contributed by atoms with van der Waals surface area (Å²) >= 11 is 2.88. The Morgan fingerprint density at radius 3 is 2.82 bits per heavy atom. The molecule has 8 heteroatoms. The predicted molar refractivity (Wildman–Crippen MR) is 110 cm³/mol. The van der Waals surface area contributed by atoms with Crippen LogP contribution >= 0.6 is 23.1 Å². The maximum atomic E-state index is 12.4. The number of nitrogens with one attached hydrogen (secondary N) is 1. The third kappa shape index (κ3) is 5.24. The largest absolute Gasteiger partial charge is 0.456 e. The van der Waals surface area contributed by atoms with Crippen LogP contribution in [0.2, 0.25) is 0 Å². The lowest BCUT2D eigenvalue weighted by Gasteiger charge is -2.23. The van der Waals surface area contributed by atoms with Crippen molar-refractivity contribution in [3.63, 3.8) is 0 Å². The van der Waals surface area contributed by atoms with Crippen LogP contribution in [-0.4, -0.2) is 41.1 Å². The van der Waals surface area contributed by atoms with Gasteiger partial charge in [-0.2, -0.15) is 0 Å². The van der Waals surface area contributed by atoms with Gasteiger partial charge in [0.1, 0.15) is 0 Å². The standard InChI is InChI=1S/C20H20N2O4S2/c1-2-9-22(12-14-6-5-10-27-14)18(23)13-26-19(24)11-17-20(25)21-15-7-3-4-8-16(15)28-17/h2-8,10,17H,1,9,11-13H2,(H,21,25)/t17-/m0/s1. The molecule has 146 valence electrons. The van der Waals surface area contributed by atoms with E-state index in [0.717, 1.165) is 15.5 Å². The third-order valence-electron chi connectivity index (χ3n) is 4.04. The smallest absolute Gasteiger partial charge is 0.307 e. The van der Waals surface area contributed by atoms with Crippen molar-refractivity contribution in [2.75, 3.05) is 18.5 Å². The van der Waals surface area contributed by atoms with Crippen molar-refractivity contribution in [1.29, 1.82) is 0 Å². The van der Waals surface area contributed by atoms with E-state index in [4.69, 9.17) is 4.74 Å². The average Bonchev–Trinajstić information content (AvgIpc) is 3.19. The first-order valence-electron chi connectivity index (χ1n) is 8.70. The number of amides is 2. The average molecular weight is 417 g/mol. The number of thiophene rings is 1. The quantitative estimate of drug-likeness (QED) is 0.528. The fourth-order valence-corrected chi connectivity index (χ4v) is 4.49. The number of anilines is 1. The molecule has 6 nitrogen and oxygen atoms in total. The van der Waals surface area contributed by atoms with Gasteiger partial charge in [-0.15, -0.1) is 29.7 Å². The lowest BCUT2D eigenvalue weighted by Crippen LogP contribution is -2.35. The summed E-state index contributed by atoms with van der Waals surface area (Å²) in [5.41, 5.74) is 0.742. The Balaban J connectivity index is 1.51. The molecule has 2 aromatic rings. The highest BCUT2D eigenvalue weighted by Crippen LogP contribution is 2.36. The van der Waals surface area contributed by atoms with Crippen molar-refractivity contribution in [2.24, 2.45) is 0 Å². The summed E-state index contributed by atoms with van der Waals surface area (Å²) in [4.78, 5) is 40.3. The first kappa shape index (κ1) is 20.2. The molecule has 28 heavy (non-hydrogen) atoms. The van der Waals surface area contributed by atoms with Crippen LogP contribution in [0.1, 0.15) is 11.3 Å². The Morgan fingerprint density at radius 2 is 2.07 bits per heavy atom. The Hall–Kier alpha value is -2.58. The van der Waals surface area contributed by atoms with Gasteiger partial charge < -0.3 is 15.0 Å². The molecule has 0 aliphatic carbocycles. The van der Waals surface area contributed by atoms with Crippen molar-refractivity contribution < 1.29 is 19.1 Å². The first-order valence-corrected chi connectivity index (χ1v) is 10.5. The van der Waals surface area contributed by atoms with Crippen LogP contribution in [0.25, 0.3) is 0 Å². The number of carbonyl (C=O) groups excluding carboxylic acids is 3. The zero-order valence-electron chi connectivity index (χ0n) is 15.1. The second-order valence-electron chi connectivity index (χ2n) is 6.10. The SMILES string of the molecule is C=CCN(Cc1cccs1)C(=O)COC(=O)C[C@@H]1Sc2ccccc2NC1=O. The van der Waals surface area contributed by atoms with E-state index >= 15 is 0 Å². The van der Waals surface area contributed by atoms with Crippen LogP contribution < -0.4 is 5.32 Å². The fourth-order valence-electron chi connectivity index (χ4n) is 2.67. The number of carbonyl (C=O) groups is 3. The van der Waals surface area contributed by atoms with Crippen molar-refractivity contribution in [3.05, 3.63) is 59.3 Å². The molecule has 1 aliphatic heterocycles. The molecule has 2 heterocycles. The topological polar surface area (TPSA) is 75.7 Å². The van der Waals surface area contributed by atoms with Crippen LogP contribution in [0, 0.1) is 0 Å².